The Morgan fingerprint density at radius 1 is 1.08 bits per heavy atom. The van der Waals surface area contributed by atoms with Gasteiger partial charge in [0.1, 0.15) is 5.82 Å². The molecular weight excluding hydrogens is 465 g/mol. The Morgan fingerprint density at radius 2 is 1.86 bits per heavy atom. The highest BCUT2D eigenvalue weighted by Gasteiger charge is 2.30. The molecule has 0 aliphatic carbocycles. The first-order valence-electron chi connectivity index (χ1n) is 13.5. The first kappa shape index (κ1) is 25.3. The molecule has 1 fully saturated rings. The Hall–Kier alpha value is -3.32. The van der Waals surface area contributed by atoms with E-state index in [1.165, 1.54) is 17.7 Å². The van der Waals surface area contributed by atoms with Crippen molar-refractivity contribution in [2.24, 2.45) is 5.92 Å². The van der Waals surface area contributed by atoms with Crippen molar-refractivity contribution in [3.8, 4) is 11.1 Å². The van der Waals surface area contributed by atoms with Crippen molar-refractivity contribution >= 4 is 11.9 Å². The molecule has 1 N–H and O–H groups in total. The minimum Gasteiger partial charge on any atom is -0.341 e. The maximum Gasteiger partial charge on any atom is 0.254 e. The fourth-order valence-electron chi connectivity index (χ4n) is 5.50. The molecule has 194 valence electrons. The van der Waals surface area contributed by atoms with Crippen molar-refractivity contribution < 1.29 is 9.18 Å². The van der Waals surface area contributed by atoms with E-state index in [-0.39, 0.29) is 17.8 Å². The van der Waals surface area contributed by atoms with Crippen LogP contribution in [0.3, 0.4) is 0 Å². The highest BCUT2D eigenvalue weighted by molar-refractivity contribution is 5.98. The van der Waals surface area contributed by atoms with Gasteiger partial charge in [-0.15, -0.1) is 0 Å². The second kappa shape index (κ2) is 11.4. The normalized spacial score (nSPS) is 16.8. The lowest BCUT2D eigenvalue weighted by Gasteiger charge is -2.32. The topological polar surface area (TPSA) is 61.4 Å². The zero-order valence-electron chi connectivity index (χ0n) is 21.8. The number of fused-ring (bicyclic) bond motifs is 1. The van der Waals surface area contributed by atoms with E-state index in [1.807, 2.05) is 17.0 Å². The number of anilines is 1. The summed E-state index contributed by atoms with van der Waals surface area (Å²) in [5.74, 6) is 1.27. The third kappa shape index (κ3) is 5.82. The Labute approximate surface area is 218 Å². The highest BCUT2D eigenvalue weighted by Crippen LogP contribution is 2.27. The lowest BCUT2D eigenvalue weighted by molar-refractivity contribution is 0.0709. The first-order chi connectivity index (χ1) is 18.0. The Morgan fingerprint density at radius 3 is 2.59 bits per heavy atom. The zero-order valence-corrected chi connectivity index (χ0v) is 21.8. The van der Waals surface area contributed by atoms with Gasteiger partial charge in [0.05, 0.1) is 0 Å². The summed E-state index contributed by atoms with van der Waals surface area (Å²) in [6.07, 6.45) is 7.86. The fraction of sp³-hybridized carbons (Fsp3) is 0.433. The van der Waals surface area contributed by atoms with Crippen molar-refractivity contribution in [2.45, 2.75) is 58.7 Å². The number of nitrogens with zero attached hydrogens (tertiary/aromatic N) is 4. The second-order valence-corrected chi connectivity index (χ2v) is 10.4. The van der Waals surface area contributed by atoms with Crippen LogP contribution in [0.4, 0.5) is 10.3 Å². The van der Waals surface area contributed by atoms with E-state index >= 15 is 0 Å². The second-order valence-electron chi connectivity index (χ2n) is 10.4. The largest absolute Gasteiger partial charge is 0.341 e. The SMILES string of the molecule is CCCC(C)N1Cc2cc(CNCC3CCN(c4ncc(-c5cccc(F)c5)cn4)CC3)ccc2C1=O. The van der Waals surface area contributed by atoms with E-state index in [1.54, 1.807) is 18.5 Å². The van der Waals surface area contributed by atoms with Gasteiger partial charge in [0.2, 0.25) is 5.95 Å². The first-order valence-corrected chi connectivity index (χ1v) is 13.5. The molecule has 5 rings (SSSR count). The Bertz CT molecular complexity index is 1220. The molecule has 37 heavy (non-hydrogen) atoms. The van der Waals surface area contributed by atoms with Gasteiger partial charge in [0, 0.05) is 55.7 Å². The van der Waals surface area contributed by atoms with Crippen LogP contribution < -0.4 is 10.2 Å². The van der Waals surface area contributed by atoms with Crippen molar-refractivity contribution in [3.63, 3.8) is 0 Å². The molecule has 3 heterocycles. The molecule has 7 heteroatoms. The number of aromatic nitrogens is 2. The van der Waals surface area contributed by atoms with Gasteiger partial charge in [-0.05, 0) is 73.5 Å². The lowest BCUT2D eigenvalue weighted by atomic mass is 9.97. The van der Waals surface area contributed by atoms with Crippen molar-refractivity contribution in [1.82, 2.24) is 20.2 Å². The number of piperidine rings is 1. The summed E-state index contributed by atoms with van der Waals surface area (Å²) in [5, 5.41) is 3.63. The summed E-state index contributed by atoms with van der Waals surface area (Å²) >= 11 is 0. The predicted octanol–water partition coefficient (Wildman–Crippen LogP) is 5.43. The molecule has 1 aromatic heterocycles. The number of hydrogen-bond donors (Lipinski definition) is 1. The smallest absolute Gasteiger partial charge is 0.254 e. The highest BCUT2D eigenvalue weighted by atomic mass is 19.1. The number of benzene rings is 2. The number of halogens is 1. The van der Waals surface area contributed by atoms with E-state index in [9.17, 15) is 9.18 Å². The van der Waals surface area contributed by atoms with Crippen LogP contribution >= 0.6 is 0 Å². The van der Waals surface area contributed by atoms with Crippen LogP contribution in [0.2, 0.25) is 0 Å². The van der Waals surface area contributed by atoms with Gasteiger partial charge in [-0.2, -0.15) is 0 Å². The van der Waals surface area contributed by atoms with Gasteiger partial charge >= 0.3 is 0 Å². The van der Waals surface area contributed by atoms with Gasteiger partial charge in [-0.25, -0.2) is 14.4 Å². The van der Waals surface area contributed by atoms with E-state index in [4.69, 9.17) is 0 Å². The van der Waals surface area contributed by atoms with Gasteiger partial charge in [-0.1, -0.05) is 37.6 Å². The maximum atomic E-state index is 13.5. The number of carbonyl (C=O) groups is 1. The van der Waals surface area contributed by atoms with Gasteiger partial charge in [0.25, 0.3) is 5.91 Å². The molecule has 2 aromatic carbocycles. The molecule has 1 saturated heterocycles. The molecular formula is C30H36FN5O. The Balaban J connectivity index is 1.08. The van der Waals surface area contributed by atoms with E-state index in [0.717, 1.165) is 86.6 Å². The number of rotatable bonds is 9. The van der Waals surface area contributed by atoms with Crippen LogP contribution in [0, 0.1) is 11.7 Å². The summed E-state index contributed by atoms with van der Waals surface area (Å²) in [7, 11) is 0. The van der Waals surface area contributed by atoms with Crippen LogP contribution in [-0.2, 0) is 13.1 Å². The molecule has 1 unspecified atom stereocenters. The fourth-order valence-corrected chi connectivity index (χ4v) is 5.50. The van der Waals surface area contributed by atoms with Crippen molar-refractivity contribution in [1.29, 1.82) is 0 Å². The van der Waals surface area contributed by atoms with Gasteiger partial charge < -0.3 is 15.1 Å². The number of nitrogens with one attached hydrogen (secondary N) is 1. The quantitative estimate of drug-likeness (QED) is 0.424. The molecule has 0 radical (unpaired) electrons. The maximum absolute atomic E-state index is 13.5. The van der Waals surface area contributed by atoms with E-state index in [2.05, 4.69) is 46.2 Å². The number of carbonyl (C=O) groups excluding carboxylic acids is 1. The summed E-state index contributed by atoms with van der Waals surface area (Å²) < 4.78 is 13.5. The predicted molar refractivity (Wildman–Crippen MR) is 145 cm³/mol. The standard InChI is InChI=1S/C30H36FN5O/c1-3-5-21(2)36-20-25-14-23(8-9-28(25)29(36)37)17-32-16-22-10-12-35(13-11-22)30-33-18-26(19-34-30)24-6-4-7-27(31)15-24/h4,6-9,14-15,18-19,21-22,32H,3,5,10-13,16-17,20H2,1-2H3. The number of amides is 1. The van der Waals surface area contributed by atoms with Gasteiger partial charge in [0.15, 0.2) is 0 Å². The summed E-state index contributed by atoms with van der Waals surface area (Å²) in [6.45, 7) is 8.69. The third-order valence-electron chi connectivity index (χ3n) is 7.70. The van der Waals surface area contributed by atoms with E-state index in [0.29, 0.717) is 5.92 Å². The lowest BCUT2D eigenvalue weighted by Crippen LogP contribution is -2.38. The average molecular weight is 502 g/mol. The minimum absolute atomic E-state index is 0.176. The summed E-state index contributed by atoms with van der Waals surface area (Å²) in [6, 6.07) is 13.1. The van der Waals surface area contributed by atoms with Crippen LogP contribution in [0.25, 0.3) is 11.1 Å². The van der Waals surface area contributed by atoms with Crippen LogP contribution in [-0.4, -0.2) is 46.5 Å². The molecule has 0 spiro atoms. The van der Waals surface area contributed by atoms with Crippen LogP contribution in [0.15, 0.2) is 54.9 Å². The molecule has 0 saturated carbocycles. The summed E-state index contributed by atoms with van der Waals surface area (Å²) in [5.41, 5.74) is 4.87. The average Bonchev–Trinajstić information content (AvgIpc) is 3.25. The molecule has 0 bridgehead atoms. The molecule has 1 atom stereocenters. The minimum atomic E-state index is -0.257. The van der Waals surface area contributed by atoms with Crippen molar-refractivity contribution in [2.75, 3.05) is 24.5 Å². The van der Waals surface area contributed by atoms with Crippen LogP contribution in [0.1, 0.15) is 61.0 Å². The molecule has 2 aliphatic heterocycles. The Kier molecular flexibility index (Phi) is 7.79. The third-order valence-corrected chi connectivity index (χ3v) is 7.70. The monoisotopic (exact) mass is 501 g/mol. The van der Waals surface area contributed by atoms with E-state index < -0.39 is 0 Å². The molecule has 2 aliphatic rings. The summed E-state index contributed by atoms with van der Waals surface area (Å²) in [4.78, 5) is 26.1. The van der Waals surface area contributed by atoms with Gasteiger partial charge in [-0.3, -0.25) is 4.79 Å². The molecule has 3 aromatic rings. The zero-order chi connectivity index (χ0) is 25.8. The number of hydrogen-bond acceptors (Lipinski definition) is 5. The van der Waals surface area contributed by atoms with Crippen molar-refractivity contribution in [3.05, 3.63) is 77.4 Å². The van der Waals surface area contributed by atoms with Crippen LogP contribution in [0.5, 0.6) is 0 Å². The molecule has 6 nitrogen and oxygen atoms in total. The molecule has 1 amide bonds.